The van der Waals surface area contributed by atoms with E-state index < -0.39 is 11.0 Å². The van der Waals surface area contributed by atoms with Gasteiger partial charge in [-0.25, -0.2) is 23.5 Å². The number of H-pyrrole nitrogens is 1. The summed E-state index contributed by atoms with van der Waals surface area (Å²) in [6, 6.07) is 3.82. The van der Waals surface area contributed by atoms with Crippen molar-refractivity contribution in [2.45, 2.75) is 20.0 Å². The zero-order valence-electron chi connectivity index (χ0n) is 16.1. The van der Waals surface area contributed by atoms with Gasteiger partial charge in [0.15, 0.2) is 0 Å². The molecule has 0 radical (unpaired) electrons. The van der Waals surface area contributed by atoms with E-state index in [2.05, 4.69) is 30.0 Å². The molecule has 9 nitrogen and oxygen atoms in total. The van der Waals surface area contributed by atoms with Crippen LogP contribution in [0.1, 0.15) is 13.8 Å². The van der Waals surface area contributed by atoms with Crippen molar-refractivity contribution < 1.29 is 8.95 Å². The zero-order valence-corrected chi connectivity index (χ0v) is 16.9. The molecule has 3 aromatic rings. The standard InChI is InChI=1S/C18H23N7O2S/c1-12(2)27-17-8-13-15(10-19-17)22-23-18(13)14-9-16(21-11-20-14)24-4-6-25(7-5-24)28(3)26/h8-12H,4-7H2,1-3H3,(H,22,23). The summed E-state index contributed by atoms with van der Waals surface area (Å²) in [6.45, 7) is 6.96. The Bertz CT molecular complexity index is 999. The summed E-state index contributed by atoms with van der Waals surface area (Å²) in [5, 5.41) is 8.34. The van der Waals surface area contributed by atoms with E-state index in [0.29, 0.717) is 5.88 Å². The van der Waals surface area contributed by atoms with Crippen molar-refractivity contribution in [3.05, 3.63) is 24.7 Å². The van der Waals surface area contributed by atoms with Gasteiger partial charge in [0, 0.05) is 50.0 Å². The maximum absolute atomic E-state index is 11.6. The van der Waals surface area contributed by atoms with E-state index >= 15 is 0 Å². The maximum Gasteiger partial charge on any atom is 0.214 e. The van der Waals surface area contributed by atoms with Crippen LogP contribution in [0.4, 0.5) is 5.82 Å². The third-order valence-electron chi connectivity index (χ3n) is 4.60. The fraction of sp³-hybridized carbons (Fsp3) is 0.444. The number of fused-ring (bicyclic) bond motifs is 1. The van der Waals surface area contributed by atoms with Gasteiger partial charge >= 0.3 is 0 Å². The summed E-state index contributed by atoms with van der Waals surface area (Å²) < 4.78 is 19.3. The molecule has 0 bridgehead atoms. The van der Waals surface area contributed by atoms with Crippen LogP contribution >= 0.6 is 0 Å². The van der Waals surface area contributed by atoms with E-state index in [1.54, 1.807) is 18.8 Å². The van der Waals surface area contributed by atoms with Crippen molar-refractivity contribution in [2.24, 2.45) is 0 Å². The fourth-order valence-corrected chi connectivity index (χ4v) is 3.90. The van der Waals surface area contributed by atoms with Gasteiger partial charge < -0.3 is 9.64 Å². The van der Waals surface area contributed by atoms with Crippen molar-refractivity contribution in [3.63, 3.8) is 0 Å². The average molecular weight is 401 g/mol. The quantitative estimate of drug-likeness (QED) is 0.693. The highest BCUT2D eigenvalue weighted by Gasteiger charge is 2.21. The first-order valence-corrected chi connectivity index (χ1v) is 10.7. The number of nitrogens with zero attached hydrogens (tertiary/aromatic N) is 6. The van der Waals surface area contributed by atoms with E-state index in [-0.39, 0.29) is 6.10 Å². The minimum atomic E-state index is -0.933. The lowest BCUT2D eigenvalue weighted by molar-refractivity contribution is 0.233. The van der Waals surface area contributed by atoms with Gasteiger partial charge in [0.2, 0.25) is 5.88 Å². The first-order chi connectivity index (χ1) is 13.5. The van der Waals surface area contributed by atoms with Crippen LogP contribution in [-0.4, -0.2) is 72.2 Å². The summed E-state index contributed by atoms with van der Waals surface area (Å²) in [4.78, 5) is 15.3. The molecule has 0 aromatic carbocycles. The average Bonchev–Trinajstić information content (AvgIpc) is 3.11. The molecule has 0 saturated carbocycles. The molecule has 0 amide bonds. The Morgan fingerprint density at radius 1 is 1.14 bits per heavy atom. The Morgan fingerprint density at radius 2 is 1.93 bits per heavy atom. The van der Waals surface area contributed by atoms with Gasteiger partial charge in [-0.15, -0.1) is 0 Å². The molecule has 1 N–H and O–H groups in total. The third kappa shape index (κ3) is 3.83. The van der Waals surface area contributed by atoms with Gasteiger partial charge in [0.1, 0.15) is 17.8 Å². The molecule has 1 atom stereocenters. The van der Waals surface area contributed by atoms with E-state index in [1.807, 2.05) is 30.3 Å². The SMILES string of the molecule is CC(C)Oc1cc2c(-c3cc(N4CCN(S(C)=O)CC4)ncn3)n[nH]c2cn1. The van der Waals surface area contributed by atoms with Gasteiger partial charge in [-0.1, -0.05) is 0 Å². The summed E-state index contributed by atoms with van der Waals surface area (Å²) in [5.74, 6) is 1.40. The molecule has 10 heteroatoms. The first-order valence-electron chi connectivity index (χ1n) is 9.18. The van der Waals surface area contributed by atoms with Gasteiger partial charge in [-0.05, 0) is 13.8 Å². The Balaban J connectivity index is 1.62. The highest BCUT2D eigenvalue weighted by atomic mass is 32.2. The molecule has 4 heterocycles. The van der Waals surface area contributed by atoms with Crippen LogP contribution in [0.3, 0.4) is 0 Å². The number of pyridine rings is 1. The van der Waals surface area contributed by atoms with Gasteiger partial charge in [-0.2, -0.15) is 5.10 Å². The van der Waals surface area contributed by atoms with Crippen LogP contribution in [0.25, 0.3) is 22.3 Å². The molecule has 1 unspecified atom stereocenters. The van der Waals surface area contributed by atoms with Crippen molar-refractivity contribution in [1.29, 1.82) is 0 Å². The minimum Gasteiger partial charge on any atom is -0.475 e. The maximum atomic E-state index is 11.6. The topological polar surface area (TPSA) is 100 Å². The van der Waals surface area contributed by atoms with Crippen molar-refractivity contribution in [2.75, 3.05) is 37.3 Å². The predicted molar refractivity (Wildman–Crippen MR) is 109 cm³/mol. The lowest BCUT2D eigenvalue weighted by atomic mass is 10.2. The first kappa shape index (κ1) is 18.8. The van der Waals surface area contributed by atoms with Crippen LogP contribution in [0, 0.1) is 0 Å². The Labute approximate surface area is 165 Å². The molecule has 3 aromatic heterocycles. The predicted octanol–water partition coefficient (Wildman–Crippen LogP) is 1.62. The van der Waals surface area contributed by atoms with E-state index in [4.69, 9.17) is 4.74 Å². The number of aromatic amines is 1. The van der Waals surface area contributed by atoms with E-state index in [0.717, 1.165) is 54.3 Å². The summed E-state index contributed by atoms with van der Waals surface area (Å²) in [6.07, 6.45) is 5.03. The van der Waals surface area contributed by atoms with Gasteiger partial charge in [-0.3, -0.25) is 5.10 Å². The molecule has 4 rings (SSSR count). The van der Waals surface area contributed by atoms with E-state index in [1.165, 1.54) is 0 Å². The summed E-state index contributed by atoms with van der Waals surface area (Å²) >= 11 is 0. The minimum absolute atomic E-state index is 0.0436. The molecule has 148 valence electrons. The van der Waals surface area contributed by atoms with Crippen LogP contribution in [0.15, 0.2) is 24.7 Å². The second kappa shape index (κ2) is 7.80. The Hall–Kier alpha value is -2.59. The summed E-state index contributed by atoms with van der Waals surface area (Å²) in [7, 11) is -0.933. The normalized spacial score (nSPS) is 16.6. The molecule has 1 fully saturated rings. The molecule has 0 spiro atoms. The number of rotatable bonds is 5. The van der Waals surface area contributed by atoms with Crippen LogP contribution in [-0.2, 0) is 11.0 Å². The molecular formula is C18H23N7O2S. The van der Waals surface area contributed by atoms with Crippen LogP contribution in [0.2, 0.25) is 0 Å². The molecule has 0 aliphatic carbocycles. The second-order valence-electron chi connectivity index (χ2n) is 6.91. The highest BCUT2D eigenvalue weighted by Crippen LogP contribution is 2.28. The molecule has 1 aliphatic rings. The number of ether oxygens (including phenoxy) is 1. The van der Waals surface area contributed by atoms with Gasteiger partial charge in [0.05, 0.1) is 34.5 Å². The second-order valence-corrected chi connectivity index (χ2v) is 8.27. The van der Waals surface area contributed by atoms with Gasteiger partial charge in [0.25, 0.3) is 0 Å². The molecule has 1 saturated heterocycles. The lowest BCUT2D eigenvalue weighted by Gasteiger charge is -2.33. The zero-order chi connectivity index (χ0) is 19.7. The van der Waals surface area contributed by atoms with Crippen molar-refractivity contribution in [1.82, 2.24) is 29.5 Å². The summed E-state index contributed by atoms with van der Waals surface area (Å²) in [5.41, 5.74) is 2.30. The number of nitrogens with one attached hydrogen (secondary N) is 1. The number of anilines is 1. The Kier molecular flexibility index (Phi) is 5.23. The lowest BCUT2D eigenvalue weighted by Crippen LogP contribution is -2.47. The molecular weight excluding hydrogens is 378 g/mol. The molecule has 1 aliphatic heterocycles. The fourth-order valence-electron chi connectivity index (χ4n) is 3.22. The monoisotopic (exact) mass is 401 g/mol. The van der Waals surface area contributed by atoms with E-state index in [9.17, 15) is 4.21 Å². The number of hydrogen-bond acceptors (Lipinski definition) is 7. The number of aromatic nitrogens is 5. The highest BCUT2D eigenvalue weighted by molar-refractivity contribution is 7.81. The molecule has 28 heavy (non-hydrogen) atoms. The largest absolute Gasteiger partial charge is 0.475 e. The third-order valence-corrected chi connectivity index (χ3v) is 5.69. The number of piperazine rings is 1. The van der Waals surface area contributed by atoms with Crippen LogP contribution < -0.4 is 9.64 Å². The number of hydrogen-bond donors (Lipinski definition) is 1. The van der Waals surface area contributed by atoms with Crippen LogP contribution in [0.5, 0.6) is 5.88 Å². The smallest absolute Gasteiger partial charge is 0.214 e. The van der Waals surface area contributed by atoms with Crippen molar-refractivity contribution in [3.8, 4) is 17.3 Å². The Morgan fingerprint density at radius 3 is 2.64 bits per heavy atom. The van der Waals surface area contributed by atoms with Crippen molar-refractivity contribution >= 4 is 27.7 Å².